The Morgan fingerprint density at radius 2 is 1.89 bits per heavy atom. The Morgan fingerprint density at radius 1 is 1.17 bits per heavy atom. The van der Waals surface area contributed by atoms with E-state index in [-0.39, 0.29) is 11.6 Å². The lowest BCUT2D eigenvalue weighted by molar-refractivity contribution is -0.419. The first kappa shape index (κ1) is 13.6. The van der Waals surface area contributed by atoms with Crippen molar-refractivity contribution in [3.63, 3.8) is 0 Å². The Morgan fingerprint density at radius 3 is 2.50 bits per heavy atom. The number of benzene rings is 2. The van der Waals surface area contributed by atoms with Gasteiger partial charge < -0.3 is 20.1 Å². The minimum Gasteiger partial charge on any atom is -0.416 e. The van der Waals surface area contributed by atoms with Crippen molar-refractivity contribution in [1.29, 1.82) is 0 Å². The molecule has 0 bridgehead atoms. The van der Waals surface area contributed by atoms with Crippen LogP contribution in [0.3, 0.4) is 0 Å². The van der Waals surface area contributed by atoms with Gasteiger partial charge in [0.2, 0.25) is 0 Å². The highest BCUT2D eigenvalue weighted by atomic mass is 79.9. The van der Waals surface area contributed by atoms with Crippen molar-refractivity contribution in [2.24, 2.45) is 0 Å². The molecule has 0 heterocycles. The number of halogens is 2. The van der Waals surface area contributed by atoms with Crippen LogP contribution in [0.4, 0.5) is 0 Å². The monoisotopic (exact) mass is 332 g/mol. The molecule has 2 aromatic rings. The summed E-state index contributed by atoms with van der Waals surface area (Å²) in [6, 6.07) is 8.82. The van der Waals surface area contributed by atoms with Gasteiger partial charge in [-0.2, -0.15) is 0 Å². The van der Waals surface area contributed by atoms with Crippen molar-refractivity contribution in [3.05, 3.63) is 40.4 Å². The number of hydrogen-bond donors (Lipinski definition) is 3. The highest BCUT2D eigenvalue weighted by molar-refractivity contribution is 9.10. The summed E-state index contributed by atoms with van der Waals surface area (Å²) in [5.41, 5.74) is 0.572. The summed E-state index contributed by atoms with van der Waals surface area (Å²) >= 11 is 9.21. The lowest BCUT2D eigenvalue weighted by Gasteiger charge is -2.18. The molecule has 0 radical (unpaired) electrons. The van der Waals surface area contributed by atoms with E-state index in [1.807, 2.05) is 18.2 Å². The average Bonchev–Trinajstić information content (AvgIpc) is 2.27. The van der Waals surface area contributed by atoms with Crippen molar-refractivity contribution >= 4 is 38.3 Å². The third-order valence-corrected chi connectivity index (χ3v) is 3.19. The van der Waals surface area contributed by atoms with Crippen LogP contribution in [0.5, 0.6) is 5.75 Å². The fourth-order valence-electron chi connectivity index (χ4n) is 1.73. The Balaban J connectivity index is 2.59. The van der Waals surface area contributed by atoms with E-state index in [2.05, 4.69) is 20.7 Å². The highest BCUT2D eigenvalue weighted by Gasteiger charge is 2.23. The lowest BCUT2D eigenvalue weighted by atomic mass is 10.0. The lowest BCUT2D eigenvalue weighted by Crippen LogP contribution is -2.34. The zero-order valence-corrected chi connectivity index (χ0v) is 11.4. The molecule has 0 saturated heterocycles. The summed E-state index contributed by atoms with van der Waals surface area (Å²) < 4.78 is 5.55. The molecule has 0 spiro atoms. The van der Waals surface area contributed by atoms with E-state index >= 15 is 0 Å². The van der Waals surface area contributed by atoms with E-state index in [0.29, 0.717) is 5.56 Å². The van der Waals surface area contributed by atoms with Crippen LogP contribution in [-0.2, 0) is 5.88 Å². The maximum absolute atomic E-state index is 8.85. The second-order valence-corrected chi connectivity index (χ2v) is 4.90. The van der Waals surface area contributed by atoms with Gasteiger partial charge in [-0.25, -0.2) is 0 Å². The fourth-order valence-corrected chi connectivity index (χ4v) is 2.38. The summed E-state index contributed by atoms with van der Waals surface area (Å²) in [6.07, 6.45) is -3.22. The van der Waals surface area contributed by atoms with Crippen molar-refractivity contribution in [2.75, 3.05) is 0 Å². The molecule has 0 aliphatic heterocycles. The molecule has 6 heteroatoms. The van der Waals surface area contributed by atoms with E-state index in [0.717, 1.165) is 15.2 Å². The third-order valence-electron chi connectivity index (χ3n) is 2.43. The van der Waals surface area contributed by atoms with Crippen molar-refractivity contribution < 1.29 is 20.1 Å². The number of hydrogen-bond acceptors (Lipinski definition) is 4. The Hall–Kier alpha value is -0.850. The van der Waals surface area contributed by atoms with Crippen LogP contribution < -0.4 is 4.74 Å². The van der Waals surface area contributed by atoms with Crippen molar-refractivity contribution in [3.8, 4) is 5.75 Å². The molecule has 2 aromatic carbocycles. The van der Waals surface area contributed by atoms with Crippen LogP contribution in [0.2, 0.25) is 0 Å². The van der Waals surface area contributed by atoms with Gasteiger partial charge in [0, 0.05) is 10.0 Å². The number of ether oxygens (including phenoxy) is 1. The van der Waals surface area contributed by atoms with Gasteiger partial charge in [0.1, 0.15) is 5.75 Å². The molecule has 0 amide bonds. The zero-order valence-electron chi connectivity index (χ0n) is 9.10. The maximum atomic E-state index is 8.85. The molecular formula is C12H10BrClO4. The van der Waals surface area contributed by atoms with Gasteiger partial charge in [-0.1, -0.05) is 28.1 Å². The molecule has 0 aliphatic rings. The number of rotatable bonds is 3. The largest absolute Gasteiger partial charge is 0.453 e. The minimum absolute atomic E-state index is 0.115. The van der Waals surface area contributed by atoms with Gasteiger partial charge in [0.15, 0.2) is 0 Å². The summed E-state index contributed by atoms with van der Waals surface area (Å²) in [4.78, 5) is 0. The quantitative estimate of drug-likeness (QED) is 0.595. The summed E-state index contributed by atoms with van der Waals surface area (Å²) in [6.45, 7) is 0. The molecule has 2 rings (SSSR count). The van der Waals surface area contributed by atoms with Crippen LogP contribution in [0.1, 0.15) is 5.56 Å². The van der Waals surface area contributed by atoms with Gasteiger partial charge in [0.25, 0.3) is 0 Å². The second kappa shape index (κ2) is 5.03. The van der Waals surface area contributed by atoms with Crippen LogP contribution in [0, 0.1) is 0 Å². The standard InChI is InChI=1S/C12H10BrClO4/c13-8-2-3-9-7(5-8)1-4-11(10(9)6-14)18-12(15,16)17/h1-5,15-17H,6H2. The third kappa shape index (κ3) is 2.93. The highest BCUT2D eigenvalue weighted by Crippen LogP contribution is 2.32. The van der Waals surface area contributed by atoms with E-state index in [4.69, 9.17) is 26.9 Å². The smallest absolute Gasteiger partial charge is 0.416 e. The molecule has 0 aliphatic carbocycles. The summed E-state index contributed by atoms with van der Waals surface area (Å²) in [5.74, 6) is 0.233. The number of alkyl halides is 1. The van der Waals surface area contributed by atoms with E-state index in [9.17, 15) is 0 Å². The molecule has 0 fully saturated rings. The van der Waals surface area contributed by atoms with E-state index < -0.39 is 6.16 Å². The van der Waals surface area contributed by atoms with Gasteiger partial charge in [-0.05, 0) is 29.0 Å². The number of aliphatic hydroxyl groups is 3. The molecule has 0 unspecified atom stereocenters. The zero-order chi connectivity index (χ0) is 13.3. The topological polar surface area (TPSA) is 69.9 Å². The van der Waals surface area contributed by atoms with Gasteiger partial charge in [-0.3, -0.25) is 0 Å². The number of fused-ring (bicyclic) bond motifs is 1. The Labute approximate surface area is 117 Å². The molecule has 0 atom stereocenters. The maximum Gasteiger partial charge on any atom is 0.453 e. The normalized spacial score (nSPS) is 11.8. The second-order valence-electron chi connectivity index (χ2n) is 3.72. The van der Waals surface area contributed by atoms with Gasteiger partial charge in [-0.15, -0.1) is 11.6 Å². The van der Waals surface area contributed by atoms with E-state index in [1.165, 1.54) is 6.07 Å². The molecule has 3 N–H and O–H groups in total. The van der Waals surface area contributed by atoms with E-state index in [1.54, 1.807) is 6.07 Å². The van der Waals surface area contributed by atoms with Gasteiger partial charge in [0.05, 0.1) is 5.88 Å². The first-order valence-electron chi connectivity index (χ1n) is 5.04. The summed E-state index contributed by atoms with van der Waals surface area (Å²) in [5, 5.41) is 28.3. The first-order chi connectivity index (χ1) is 8.40. The predicted molar refractivity (Wildman–Crippen MR) is 71.2 cm³/mol. The summed E-state index contributed by atoms with van der Waals surface area (Å²) in [7, 11) is 0. The SMILES string of the molecule is OC(O)(O)Oc1ccc2cc(Br)ccc2c1CCl. The molecule has 0 saturated carbocycles. The van der Waals surface area contributed by atoms with Crippen LogP contribution in [0.15, 0.2) is 34.8 Å². The predicted octanol–water partition coefficient (Wildman–Crippen LogP) is 2.31. The molecule has 18 heavy (non-hydrogen) atoms. The fraction of sp³-hybridized carbons (Fsp3) is 0.167. The molecule has 96 valence electrons. The van der Waals surface area contributed by atoms with Crippen molar-refractivity contribution in [1.82, 2.24) is 0 Å². The van der Waals surface area contributed by atoms with Crippen LogP contribution in [0.25, 0.3) is 10.8 Å². The van der Waals surface area contributed by atoms with Gasteiger partial charge >= 0.3 is 6.16 Å². The van der Waals surface area contributed by atoms with Crippen molar-refractivity contribution in [2.45, 2.75) is 12.0 Å². The average molecular weight is 334 g/mol. The molecule has 4 nitrogen and oxygen atoms in total. The van der Waals surface area contributed by atoms with Crippen LogP contribution in [-0.4, -0.2) is 21.5 Å². The molecule has 0 aromatic heterocycles. The van der Waals surface area contributed by atoms with Crippen LogP contribution >= 0.6 is 27.5 Å². The first-order valence-corrected chi connectivity index (χ1v) is 6.37. The Kier molecular flexibility index (Phi) is 3.79. The Bertz CT molecular complexity index is 580. The molecular weight excluding hydrogens is 323 g/mol. The minimum atomic E-state index is -3.22.